The Morgan fingerprint density at radius 2 is 2.12 bits per heavy atom. The van der Waals surface area contributed by atoms with Crippen molar-refractivity contribution in [1.29, 1.82) is 0 Å². The van der Waals surface area contributed by atoms with Crippen molar-refractivity contribution in [3.8, 4) is 5.75 Å². The molecule has 1 N–H and O–H groups in total. The molecule has 0 amide bonds. The van der Waals surface area contributed by atoms with Gasteiger partial charge in [0.05, 0.1) is 26.4 Å². The number of aliphatic imine (C=N–C) groups is 1. The lowest BCUT2D eigenvalue weighted by Gasteiger charge is -2.22. The van der Waals surface area contributed by atoms with Crippen LogP contribution in [0, 0.1) is 5.92 Å². The Morgan fingerprint density at radius 3 is 2.85 bits per heavy atom. The van der Waals surface area contributed by atoms with E-state index in [9.17, 15) is 0 Å². The number of para-hydroxylation sites is 1. The second-order valence-electron chi connectivity index (χ2n) is 6.11. The zero-order valence-electron chi connectivity index (χ0n) is 16.1. The molecule has 1 saturated heterocycles. The van der Waals surface area contributed by atoms with E-state index in [1.165, 1.54) is 0 Å². The molecule has 148 valence electrons. The SMILES string of the molecule is CCOc1ccccc1CNC(=NC)N1CCC(COCCOC)C1.I. The van der Waals surface area contributed by atoms with Crippen molar-refractivity contribution < 1.29 is 14.2 Å². The van der Waals surface area contributed by atoms with Crippen LogP contribution in [0.15, 0.2) is 29.3 Å². The van der Waals surface area contributed by atoms with Gasteiger partial charge in [-0.05, 0) is 19.4 Å². The van der Waals surface area contributed by atoms with Crippen LogP contribution in [0.25, 0.3) is 0 Å². The summed E-state index contributed by atoms with van der Waals surface area (Å²) in [6.07, 6.45) is 1.13. The third kappa shape index (κ3) is 7.28. The lowest BCUT2D eigenvalue weighted by atomic mass is 10.1. The normalized spacial score (nSPS) is 17.1. The van der Waals surface area contributed by atoms with Crippen LogP contribution in [0.1, 0.15) is 18.9 Å². The second kappa shape index (κ2) is 13.2. The molecule has 1 aliphatic heterocycles. The van der Waals surface area contributed by atoms with Crippen LogP contribution in [-0.4, -0.2) is 64.5 Å². The molecule has 26 heavy (non-hydrogen) atoms. The third-order valence-corrected chi connectivity index (χ3v) is 4.29. The van der Waals surface area contributed by atoms with Gasteiger partial charge in [0.1, 0.15) is 5.75 Å². The summed E-state index contributed by atoms with van der Waals surface area (Å²) in [5.41, 5.74) is 1.14. The summed E-state index contributed by atoms with van der Waals surface area (Å²) in [6, 6.07) is 8.12. The first-order chi connectivity index (χ1) is 12.3. The number of likely N-dealkylation sites (tertiary alicyclic amines) is 1. The van der Waals surface area contributed by atoms with Crippen molar-refractivity contribution in [1.82, 2.24) is 10.2 Å². The monoisotopic (exact) mass is 477 g/mol. The first-order valence-electron chi connectivity index (χ1n) is 9.01. The van der Waals surface area contributed by atoms with Crippen LogP contribution >= 0.6 is 24.0 Å². The molecule has 1 atom stereocenters. The topological polar surface area (TPSA) is 55.3 Å². The first-order valence-corrected chi connectivity index (χ1v) is 9.01. The van der Waals surface area contributed by atoms with Crippen LogP contribution in [0.2, 0.25) is 0 Å². The van der Waals surface area contributed by atoms with Gasteiger partial charge in [-0.1, -0.05) is 18.2 Å². The van der Waals surface area contributed by atoms with Crippen LogP contribution in [-0.2, 0) is 16.0 Å². The van der Waals surface area contributed by atoms with Crippen molar-refractivity contribution in [2.75, 3.05) is 53.7 Å². The van der Waals surface area contributed by atoms with Crippen LogP contribution in [0.3, 0.4) is 0 Å². The number of hydrogen-bond donors (Lipinski definition) is 1. The maximum atomic E-state index is 5.69. The number of rotatable bonds is 9. The van der Waals surface area contributed by atoms with Crippen molar-refractivity contribution in [2.45, 2.75) is 19.9 Å². The maximum Gasteiger partial charge on any atom is 0.193 e. The third-order valence-electron chi connectivity index (χ3n) is 4.29. The van der Waals surface area contributed by atoms with E-state index < -0.39 is 0 Å². The van der Waals surface area contributed by atoms with E-state index in [-0.39, 0.29) is 24.0 Å². The number of ether oxygens (including phenoxy) is 3. The summed E-state index contributed by atoms with van der Waals surface area (Å²) in [4.78, 5) is 6.73. The van der Waals surface area contributed by atoms with E-state index in [2.05, 4.69) is 21.3 Å². The quantitative estimate of drug-likeness (QED) is 0.257. The first kappa shape index (κ1) is 23.0. The molecule has 0 bridgehead atoms. The molecule has 2 rings (SSSR count). The second-order valence-corrected chi connectivity index (χ2v) is 6.11. The average Bonchev–Trinajstić information content (AvgIpc) is 3.10. The molecule has 1 aromatic rings. The molecule has 1 aromatic carbocycles. The predicted molar refractivity (Wildman–Crippen MR) is 116 cm³/mol. The van der Waals surface area contributed by atoms with E-state index in [0.717, 1.165) is 43.4 Å². The van der Waals surface area contributed by atoms with Gasteiger partial charge in [0.2, 0.25) is 0 Å². The van der Waals surface area contributed by atoms with Gasteiger partial charge < -0.3 is 24.4 Å². The zero-order valence-corrected chi connectivity index (χ0v) is 18.4. The van der Waals surface area contributed by atoms with Crippen molar-refractivity contribution in [2.24, 2.45) is 10.9 Å². The van der Waals surface area contributed by atoms with Gasteiger partial charge in [0.25, 0.3) is 0 Å². The minimum atomic E-state index is 0. The standard InChI is InChI=1S/C19H31N3O3.HI/c1-4-25-18-8-6-5-7-17(18)13-21-19(20-2)22-10-9-16(14-22)15-24-12-11-23-3;/h5-8,16H,4,9-15H2,1-3H3,(H,20,21);1H. The van der Waals surface area contributed by atoms with E-state index in [1.807, 2.05) is 32.2 Å². The molecule has 1 heterocycles. The predicted octanol–water partition coefficient (Wildman–Crippen LogP) is 2.76. The fraction of sp³-hybridized carbons (Fsp3) is 0.632. The molecule has 0 aliphatic carbocycles. The Balaban J connectivity index is 0.00000338. The minimum absolute atomic E-state index is 0. The lowest BCUT2D eigenvalue weighted by molar-refractivity contribution is 0.0536. The highest BCUT2D eigenvalue weighted by Crippen LogP contribution is 2.19. The van der Waals surface area contributed by atoms with Gasteiger partial charge in [-0.3, -0.25) is 4.99 Å². The summed E-state index contributed by atoms with van der Waals surface area (Å²) in [5.74, 6) is 2.41. The molecule has 1 aliphatic rings. The molecule has 0 aromatic heterocycles. The molecule has 1 unspecified atom stereocenters. The Bertz CT molecular complexity index is 543. The van der Waals surface area contributed by atoms with Gasteiger partial charge in [0, 0.05) is 45.3 Å². The molecule has 0 spiro atoms. The van der Waals surface area contributed by atoms with Gasteiger partial charge >= 0.3 is 0 Å². The fourth-order valence-electron chi connectivity index (χ4n) is 3.01. The summed E-state index contributed by atoms with van der Waals surface area (Å²) >= 11 is 0. The summed E-state index contributed by atoms with van der Waals surface area (Å²) in [5, 5.41) is 3.46. The number of halogens is 1. The molecule has 0 saturated carbocycles. The molecule has 7 heteroatoms. The Kier molecular flexibility index (Phi) is 11.6. The number of nitrogens with one attached hydrogen (secondary N) is 1. The van der Waals surface area contributed by atoms with E-state index >= 15 is 0 Å². The van der Waals surface area contributed by atoms with E-state index in [0.29, 0.717) is 32.3 Å². The molecule has 1 fully saturated rings. The van der Waals surface area contributed by atoms with Crippen molar-refractivity contribution in [3.63, 3.8) is 0 Å². The number of methoxy groups -OCH3 is 1. The molecular weight excluding hydrogens is 445 g/mol. The number of hydrogen-bond acceptors (Lipinski definition) is 4. The number of nitrogens with zero attached hydrogens (tertiary/aromatic N) is 2. The van der Waals surface area contributed by atoms with Crippen LogP contribution in [0.4, 0.5) is 0 Å². The summed E-state index contributed by atoms with van der Waals surface area (Å²) < 4.78 is 16.4. The Morgan fingerprint density at radius 1 is 1.31 bits per heavy atom. The summed E-state index contributed by atoms with van der Waals surface area (Å²) in [6.45, 7) is 7.45. The van der Waals surface area contributed by atoms with E-state index in [4.69, 9.17) is 14.2 Å². The Labute approximate surface area is 174 Å². The zero-order chi connectivity index (χ0) is 17.9. The largest absolute Gasteiger partial charge is 0.494 e. The highest BCUT2D eigenvalue weighted by atomic mass is 127. The van der Waals surface area contributed by atoms with Gasteiger partial charge in [-0.25, -0.2) is 0 Å². The number of benzene rings is 1. The van der Waals surface area contributed by atoms with Gasteiger partial charge in [-0.2, -0.15) is 0 Å². The smallest absolute Gasteiger partial charge is 0.193 e. The Hall–Kier alpha value is -1.06. The maximum absolute atomic E-state index is 5.69. The molecule has 6 nitrogen and oxygen atoms in total. The molecular formula is C19H32IN3O3. The minimum Gasteiger partial charge on any atom is -0.494 e. The van der Waals surface area contributed by atoms with Gasteiger partial charge in [-0.15, -0.1) is 24.0 Å². The highest BCUT2D eigenvalue weighted by Gasteiger charge is 2.25. The van der Waals surface area contributed by atoms with E-state index in [1.54, 1.807) is 7.11 Å². The summed E-state index contributed by atoms with van der Waals surface area (Å²) in [7, 11) is 3.53. The molecule has 0 radical (unpaired) electrons. The van der Waals surface area contributed by atoms with Gasteiger partial charge in [0.15, 0.2) is 5.96 Å². The fourth-order valence-corrected chi connectivity index (χ4v) is 3.01. The highest BCUT2D eigenvalue weighted by molar-refractivity contribution is 14.0. The van der Waals surface area contributed by atoms with Crippen molar-refractivity contribution >= 4 is 29.9 Å². The lowest BCUT2D eigenvalue weighted by Crippen LogP contribution is -2.40. The van der Waals surface area contributed by atoms with Crippen LogP contribution in [0.5, 0.6) is 5.75 Å². The number of guanidine groups is 1. The van der Waals surface area contributed by atoms with Crippen molar-refractivity contribution in [3.05, 3.63) is 29.8 Å². The average molecular weight is 477 g/mol. The van der Waals surface area contributed by atoms with Crippen LogP contribution < -0.4 is 10.1 Å².